The number of anilines is 1. The maximum Gasteiger partial charge on any atom is 0.255 e. The SMILES string of the molecule is COc1ccc(NC(=O)c2ccc(-c3ccc(-c4cnccn4)cc3C)cc2)cc1OCCN(C)C. The smallest absolute Gasteiger partial charge is 0.255 e. The number of benzene rings is 3. The molecule has 1 amide bonds. The van der Waals surface area contributed by atoms with Crippen molar-refractivity contribution >= 4 is 11.6 Å². The normalized spacial score (nSPS) is 10.8. The Morgan fingerprint density at radius 1 is 0.944 bits per heavy atom. The summed E-state index contributed by atoms with van der Waals surface area (Å²) in [7, 11) is 5.57. The van der Waals surface area contributed by atoms with Crippen molar-refractivity contribution in [3.05, 3.63) is 90.4 Å². The molecule has 7 nitrogen and oxygen atoms in total. The molecule has 0 aliphatic heterocycles. The summed E-state index contributed by atoms with van der Waals surface area (Å²) < 4.78 is 11.2. The number of carbonyl (C=O) groups is 1. The van der Waals surface area contributed by atoms with Gasteiger partial charge >= 0.3 is 0 Å². The van der Waals surface area contributed by atoms with E-state index in [4.69, 9.17) is 9.47 Å². The summed E-state index contributed by atoms with van der Waals surface area (Å²) in [6.07, 6.45) is 5.10. The van der Waals surface area contributed by atoms with E-state index in [2.05, 4.69) is 34.3 Å². The molecule has 36 heavy (non-hydrogen) atoms. The van der Waals surface area contributed by atoms with Gasteiger partial charge in [0.1, 0.15) is 6.61 Å². The maximum absolute atomic E-state index is 12.9. The van der Waals surface area contributed by atoms with Gasteiger partial charge in [0, 0.05) is 41.8 Å². The third kappa shape index (κ3) is 6.06. The minimum Gasteiger partial charge on any atom is -0.493 e. The lowest BCUT2D eigenvalue weighted by Crippen LogP contribution is -2.19. The number of nitrogens with one attached hydrogen (secondary N) is 1. The number of rotatable bonds is 9. The number of nitrogens with zero attached hydrogens (tertiary/aromatic N) is 3. The Morgan fingerprint density at radius 2 is 1.72 bits per heavy atom. The zero-order valence-electron chi connectivity index (χ0n) is 21.0. The minimum absolute atomic E-state index is 0.194. The summed E-state index contributed by atoms with van der Waals surface area (Å²) in [5, 5.41) is 2.95. The van der Waals surface area contributed by atoms with E-state index in [1.165, 1.54) is 0 Å². The summed E-state index contributed by atoms with van der Waals surface area (Å²) >= 11 is 0. The average molecular weight is 483 g/mol. The van der Waals surface area contributed by atoms with Gasteiger partial charge in [-0.2, -0.15) is 0 Å². The van der Waals surface area contributed by atoms with Crippen LogP contribution < -0.4 is 14.8 Å². The number of aromatic nitrogens is 2. The summed E-state index contributed by atoms with van der Waals surface area (Å²) in [5.41, 5.74) is 6.32. The maximum atomic E-state index is 12.9. The molecule has 3 aromatic carbocycles. The van der Waals surface area contributed by atoms with Crippen molar-refractivity contribution in [2.75, 3.05) is 39.7 Å². The number of amides is 1. The molecule has 0 fully saturated rings. The van der Waals surface area contributed by atoms with E-state index >= 15 is 0 Å². The number of ether oxygens (including phenoxy) is 2. The van der Waals surface area contributed by atoms with Crippen LogP contribution in [0, 0.1) is 6.92 Å². The second kappa shape index (κ2) is 11.5. The van der Waals surface area contributed by atoms with E-state index < -0.39 is 0 Å². The second-order valence-electron chi connectivity index (χ2n) is 8.67. The van der Waals surface area contributed by atoms with Crippen molar-refractivity contribution in [3.63, 3.8) is 0 Å². The van der Waals surface area contributed by atoms with Gasteiger partial charge in [0.25, 0.3) is 5.91 Å². The number of methoxy groups -OCH3 is 1. The van der Waals surface area contributed by atoms with Gasteiger partial charge < -0.3 is 19.7 Å². The molecule has 0 aliphatic rings. The lowest BCUT2D eigenvalue weighted by molar-refractivity contribution is 0.102. The molecule has 1 aromatic heterocycles. The first-order chi connectivity index (χ1) is 17.4. The zero-order valence-corrected chi connectivity index (χ0v) is 21.0. The van der Waals surface area contributed by atoms with E-state index in [0.717, 1.165) is 34.5 Å². The van der Waals surface area contributed by atoms with Crippen molar-refractivity contribution < 1.29 is 14.3 Å². The molecule has 0 saturated heterocycles. The van der Waals surface area contributed by atoms with Crippen LogP contribution in [0.5, 0.6) is 11.5 Å². The van der Waals surface area contributed by atoms with Gasteiger partial charge in [-0.3, -0.25) is 14.8 Å². The van der Waals surface area contributed by atoms with Crippen molar-refractivity contribution in [1.29, 1.82) is 0 Å². The first kappa shape index (κ1) is 24.9. The van der Waals surface area contributed by atoms with Crippen LogP contribution in [0.2, 0.25) is 0 Å². The molecular formula is C29H30N4O3. The summed E-state index contributed by atoms with van der Waals surface area (Å²) in [6.45, 7) is 3.35. The third-order valence-electron chi connectivity index (χ3n) is 5.76. The fourth-order valence-corrected chi connectivity index (χ4v) is 3.80. The van der Waals surface area contributed by atoms with Crippen LogP contribution in [0.25, 0.3) is 22.4 Å². The fraction of sp³-hybridized carbons (Fsp3) is 0.207. The van der Waals surface area contributed by atoms with E-state index in [-0.39, 0.29) is 5.91 Å². The van der Waals surface area contributed by atoms with Gasteiger partial charge in [-0.15, -0.1) is 0 Å². The lowest BCUT2D eigenvalue weighted by atomic mass is 9.96. The highest BCUT2D eigenvalue weighted by Crippen LogP contribution is 2.31. The van der Waals surface area contributed by atoms with E-state index in [9.17, 15) is 4.79 Å². The first-order valence-electron chi connectivity index (χ1n) is 11.7. The van der Waals surface area contributed by atoms with Gasteiger partial charge in [0.15, 0.2) is 11.5 Å². The Morgan fingerprint density at radius 3 is 2.39 bits per heavy atom. The number of carbonyl (C=O) groups excluding carboxylic acids is 1. The standard InChI is InChI=1S/C29H30N4O3/c1-20-17-23(26-19-30-13-14-31-26)9-11-25(20)21-5-7-22(8-6-21)29(34)32-24-10-12-27(35-4)28(18-24)36-16-15-33(2)3/h5-14,17-19H,15-16H2,1-4H3,(H,32,34). The molecule has 184 valence electrons. The molecule has 0 bridgehead atoms. The second-order valence-corrected chi connectivity index (χ2v) is 8.67. The average Bonchev–Trinajstić information content (AvgIpc) is 2.89. The molecule has 0 atom stereocenters. The molecule has 4 rings (SSSR count). The molecule has 4 aromatic rings. The van der Waals surface area contributed by atoms with Gasteiger partial charge in [0.05, 0.1) is 19.0 Å². The summed E-state index contributed by atoms with van der Waals surface area (Å²) in [6, 6.07) is 19.2. The van der Waals surface area contributed by atoms with Gasteiger partial charge in [0.2, 0.25) is 0 Å². The molecule has 7 heteroatoms. The largest absolute Gasteiger partial charge is 0.493 e. The van der Waals surface area contributed by atoms with Gasteiger partial charge in [-0.05, 0) is 68.0 Å². The van der Waals surface area contributed by atoms with Gasteiger partial charge in [-0.25, -0.2) is 0 Å². The highest BCUT2D eigenvalue weighted by molar-refractivity contribution is 6.04. The van der Waals surface area contributed by atoms with Crippen molar-refractivity contribution in [2.24, 2.45) is 0 Å². The van der Waals surface area contributed by atoms with Crippen molar-refractivity contribution in [3.8, 4) is 33.9 Å². The van der Waals surface area contributed by atoms with Crippen LogP contribution in [0.1, 0.15) is 15.9 Å². The quantitative estimate of drug-likeness (QED) is 0.348. The Bertz CT molecular complexity index is 1320. The fourth-order valence-electron chi connectivity index (χ4n) is 3.80. The molecule has 0 radical (unpaired) electrons. The summed E-state index contributed by atoms with van der Waals surface area (Å²) in [5.74, 6) is 1.02. The number of hydrogen-bond donors (Lipinski definition) is 1. The zero-order chi connectivity index (χ0) is 25.5. The topological polar surface area (TPSA) is 76.6 Å². The highest BCUT2D eigenvalue weighted by Gasteiger charge is 2.12. The molecule has 0 aliphatic carbocycles. The number of likely N-dealkylation sites (N-methyl/N-ethyl adjacent to an activating group) is 1. The Balaban J connectivity index is 1.46. The molecule has 0 spiro atoms. The van der Waals surface area contributed by atoms with Crippen molar-refractivity contribution in [2.45, 2.75) is 6.92 Å². The summed E-state index contributed by atoms with van der Waals surface area (Å²) in [4.78, 5) is 23.4. The monoisotopic (exact) mass is 482 g/mol. The van der Waals surface area contributed by atoms with Crippen LogP contribution in [-0.4, -0.2) is 55.1 Å². The molecule has 1 heterocycles. The van der Waals surface area contributed by atoms with E-state index in [1.54, 1.807) is 43.9 Å². The van der Waals surface area contributed by atoms with Crippen molar-refractivity contribution in [1.82, 2.24) is 14.9 Å². The predicted octanol–water partition coefficient (Wildman–Crippen LogP) is 5.32. The molecule has 0 unspecified atom stereocenters. The molecule has 1 N–H and O–H groups in total. The van der Waals surface area contributed by atoms with E-state index in [0.29, 0.717) is 29.4 Å². The minimum atomic E-state index is -0.194. The molecular weight excluding hydrogens is 452 g/mol. The number of hydrogen-bond acceptors (Lipinski definition) is 6. The predicted molar refractivity (Wildman–Crippen MR) is 143 cm³/mol. The lowest BCUT2D eigenvalue weighted by Gasteiger charge is -2.15. The Labute approximate surface area is 211 Å². The van der Waals surface area contributed by atoms with E-state index in [1.807, 2.05) is 49.3 Å². The van der Waals surface area contributed by atoms with Crippen LogP contribution >= 0.6 is 0 Å². The third-order valence-corrected chi connectivity index (χ3v) is 5.76. The van der Waals surface area contributed by atoms with Crippen LogP contribution in [0.3, 0.4) is 0 Å². The van der Waals surface area contributed by atoms with Crippen LogP contribution in [0.15, 0.2) is 79.3 Å². The number of aryl methyl sites for hydroxylation is 1. The van der Waals surface area contributed by atoms with Crippen LogP contribution in [0.4, 0.5) is 5.69 Å². The van der Waals surface area contributed by atoms with Gasteiger partial charge in [-0.1, -0.05) is 24.3 Å². The Kier molecular flexibility index (Phi) is 7.92. The Hall–Kier alpha value is -4.23. The molecule has 0 saturated carbocycles. The first-order valence-corrected chi connectivity index (χ1v) is 11.7. The highest BCUT2D eigenvalue weighted by atomic mass is 16.5. The van der Waals surface area contributed by atoms with Crippen LogP contribution in [-0.2, 0) is 0 Å².